The molecule has 0 spiro atoms. The van der Waals surface area contributed by atoms with Crippen molar-refractivity contribution in [3.8, 4) is 0 Å². The summed E-state index contributed by atoms with van der Waals surface area (Å²) in [4.78, 5) is 28.1. The number of carboxylic acids is 1. The van der Waals surface area contributed by atoms with E-state index in [1.807, 2.05) is 7.05 Å². The van der Waals surface area contributed by atoms with Crippen molar-refractivity contribution in [1.82, 2.24) is 14.7 Å². The van der Waals surface area contributed by atoms with Crippen molar-refractivity contribution in [3.05, 3.63) is 0 Å². The molecular weight excluding hydrogens is 246 g/mol. The molecule has 1 N–H and O–H groups in total. The Kier molecular flexibility index (Phi) is 6.08. The first-order valence-corrected chi connectivity index (χ1v) is 6.80. The normalized spacial score (nSPS) is 19.4. The van der Waals surface area contributed by atoms with Crippen LogP contribution in [0.3, 0.4) is 0 Å². The van der Waals surface area contributed by atoms with Crippen LogP contribution in [-0.4, -0.2) is 78.6 Å². The number of nitrogens with zero attached hydrogens (tertiary/aromatic N) is 3. The molecule has 0 radical (unpaired) electrons. The van der Waals surface area contributed by atoms with Gasteiger partial charge in [-0.15, -0.1) is 0 Å². The van der Waals surface area contributed by atoms with Crippen molar-refractivity contribution in [2.24, 2.45) is 0 Å². The lowest BCUT2D eigenvalue weighted by Gasteiger charge is -2.29. The molecule has 0 aromatic rings. The second-order valence-corrected chi connectivity index (χ2v) is 5.36. The predicted octanol–water partition coefficient (Wildman–Crippen LogP) is 0.929. The Bertz CT molecular complexity index is 322. The van der Waals surface area contributed by atoms with Gasteiger partial charge in [0.1, 0.15) is 0 Å². The van der Waals surface area contributed by atoms with Crippen LogP contribution in [0.25, 0.3) is 0 Å². The molecule has 1 atom stereocenters. The minimum Gasteiger partial charge on any atom is -0.481 e. The van der Waals surface area contributed by atoms with E-state index < -0.39 is 5.97 Å². The van der Waals surface area contributed by atoms with Crippen molar-refractivity contribution in [1.29, 1.82) is 0 Å². The third-order valence-electron chi connectivity index (χ3n) is 3.69. The lowest BCUT2D eigenvalue weighted by molar-refractivity contribution is -0.137. The van der Waals surface area contributed by atoms with Crippen LogP contribution < -0.4 is 0 Å². The Morgan fingerprint density at radius 1 is 1.32 bits per heavy atom. The summed E-state index contributed by atoms with van der Waals surface area (Å²) in [5.41, 5.74) is 0. The third-order valence-corrected chi connectivity index (χ3v) is 3.69. The van der Waals surface area contributed by atoms with E-state index in [1.54, 1.807) is 16.8 Å². The fraction of sp³-hybridized carbons (Fsp3) is 0.846. The van der Waals surface area contributed by atoms with E-state index in [0.717, 1.165) is 19.5 Å². The van der Waals surface area contributed by atoms with Crippen LogP contribution in [-0.2, 0) is 4.79 Å². The second-order valence-electron chi connectivity index (χ2n) is 5.36. The van der Waals surface area contributed by atoms with Crippen molar-refractivity contribution in [3.63, 3.8) is 0 Å². The standard InChI is InChI=1S/C13H25N3O3/c1-14-8-4-6-11(14)10-16(3)13(19)15(2)9-5-7-12(17)18/h11H,4-10H2,1-3H3,(H,17,18). The van der Waals surface area contributed by atoms with Crippen LogP contribution in [0.2, 0.25) is 0 Å². The summed E-state index contributed by atoms with van der Waals surface area (Å²) in [6.07, 6.45) is 2.93. The Balaban J connectivity index is 2.32. The SMILES string of the molecule is CN(CCCC(=O)O)C(=O)N(C)CC1CCCN1C. The molecule has 1 aliphatic rings. The van der Waals surface area contributed by atoms with Gasteiger partial charge in [0.25, 0.3) is 0 Å². The molecule has 1 aliphatic heterocycles. The Morgan fingerprint density at radius 3 is 2.53 bits per heavy atom. The largest absolute Gasteiger partial charge is 0.481 e. The average Bonchev–Trinajstić information content (AvgIpc) is 2.73. The number of carboxylic acid groups (broad SMARTS) is 1. The van der Waals surface area contributed by atoms with Gasteiger partial charge >= 0.3 is 12.0 Å². The summed E-state index contributed by atoms with van der Waals surface area (Å²) in [7, 11) is 5.62. The maximum atomic E-state index is 12.1. The molecule has 1 heterocycles. The van der Waals surface area contributed by atoms with Gasteiger partial charge in [-0.25, -0.2) is 4.79 Å². The van der Waals surface area contributed by atoms with E-state index >= 15 is 0 Å². The molecule has 1 saturated heterocycles. The summed E-state index contributed by atoms with van der Waals surface area (Å²) in [6, 6.07) is 0.409. The van der Waals surface area contributed by atoms with E-state index in [2.05, 4.69) is 11.9 Å². The van der Waals surface area contributed by atoms with Crippen LogP contribution in [0.5, 0.6) is 0 Å². The first-order chi connectivity index (χ1) is 8.91. The minimum absolute atomic E-state index is 0.0364. The molecule has 0 aliphatic carbocycles. The first-order valence-electron chi connectivity index (χ1n) is 6.80. The second kappa shape index (κ2) is 7.33. The van der Waals surface area contributed by atoms with E-state index in [0.29, 0.717) is 19.0 Å². The number of hydrogen-bond acceptors (Lipinski definition) is 3. The van der Waals surface area contributed by atoms with Gasteiger partial charge in [-0.2, -0.15) is 0 Å². The summed E-state index contributed by atoms with van der Waals surface area (Å²) in [6.45, 7) is 2.32. The van der Waals surface area contributed by atoms with Crippen molar-refractivity contribution < 1.29 is 14.7 Å². The zero-order chi connectivity index (χ0) is 14.4. The molecule has 1 unspecified atom stereocenters. The number of likely N-dealkylation sites (N-methyl/N-ethyl adjacent to an activating group) is 2. The summed E-state index contributed by atoms with van der Waals surface area (Å²) in [5, 5.41) is 8.57. The van der Waals surface area contributed by atoms with Crippen LogP contribution in [0, 0.1) is 0 Å². The predicted molar refractivity (Wildman–Crippen MR) is 73.2 cm³/mol. The Hall–Kier alpha value is -1.30. The maximum Gasteiger partial charge on any atom is 0.319 e. The highest BCUT2D eigenvalue weighted by atomic mass is 16.4. The highest BCUT2D eigenvalue weighted by Crippen LogP contribution is 2.15. The zero-order valence-corrected chi connectivity index (χ0v) is 12.1. The van der Waals surface area contributed by atoms with Crippen LogP contribution in [0.15, 0.2) is 0 Å². The third kappa shape index (κ3) is 5.06. The first kappa shape index (κ1) is 15.8. The molecule has 6 heteroatoms. The van der Waals surface area contributed by atoms with E-state index in [1.165, 1.54) is 6.42 Å². The van der Waals surface area contributed by atoms with E-state index in [4.69, 9.17) is 5.11 Å². The summed E-state index contributed by atoms with van der Waals surface area (Å²) < 4.78 is 0. The molecule has 1 rings (SSSR count). The molecule has 19 heavy (non-hydrogen) atoms. The van der Waals surface area contributed by atoms with Gasteiger partial charge < -0.3 is 19.8 Å². The number of aliphatic carboxylic acids is 1. The van der Waals surface area contributed by atoms with E-state index in [9.17, 15) is 9.59 Å². The van der Waals surface area contributed by atoms with Gasteiger partial charge in [-0.05, 0) is 32.9 Å². The van der Waals surface area contributed by atoms with E-state index in [-0.39, 0.29) is 12.5 Å². The molecule has 110 valence electrons. The highest BCUT2D eigenvalue weighted by Gasteiger charge is 2.24. The average molecular weight is 271 g/mol. The summed E-state index contributed by atoms with van der Waals surface area (Å²) in [5.74, 6) is -0.818. The van der Waals surface area contributed by atoms with Gasteiger partial charge in [0.05, 0.1) is 0 Å². The number of hydrogen-bond donors (Lipinski definition) is 1. The lowest BCUT2D eigenvalue weighted by Crippen LogP contribution is -2.45. The van der Waals surface area contributed by atoms with Crippen LogP contribution >= 0.6 is 0 Å². The number of rotatable bonds is 6. The fourth-order valence-corrected chi connectivity index (χ4v) is 2.46. The smallest absolute Gasteiger partial charge is 0.319 e. The van der Waals surface area contributed by atoms with Gasteiger partial charge in [0.15, 0.2) is 0 Å². The zero-order valence-electron chi connectivity index (χ0n) is 12.1. The molecule has 0 aromatic carbocycles. The van der Waals surface area contributed by atoms with Gasteiger partial charge in [0, 0.05) is 39.6 Å². The van der Waals surface area contributed by atoms with Crippen molar-refractivity contribution >= 4 is 12.0 Å². The fourth-order valence-electron chi connectivity index (χ4n) is 2.46. The number of carbonyl (C=O) groups excluding carboxylic acids is 1. The lowest BCUT2D eigenvalue weighted by atomic mass is 10.2. The maximum absolute atomic E-state index is 12.1. The molecule has 0 bridgehead atoms. The monoisotopic (exact) mass is 271 g/mol. The molecule has 0 aromatic heterocycles. The Morgan fingerprint density at radius 2 is 2.00 bits per heavy atom. The topological polar surface area (TPSA) is 64.1 Å². The van der Waals surface area contributed by atoms with Crippen LogP contribution in [0.1, 0.15) is 25.7 Å². The molecule has 2 amide bonds. The number of urea groups is 1. The van der Waals surface area contributed by atoms with Gasteiger partial charge in [0.2, 0.25) is 0 Å². The minimum atomic E-state index is -0.818. The van der Waals surface area contributed by atoms with Gasteiger partial charge in [-0.3, -0.25) is 4.79 Å². The van der Waals surface area contributed by atoms with Crippen molar-refractivity contribution in [2.45, 2.75) is 31.7 Å². The molecule has 0 saturated carbocycles. The highest BCUT2D eigenvalue weighted by molar-refractivity contribution is 5.74. The molecule has 1 fully saturated rings. The van der Waals surface area contributed by atoms with Gasteiger partial charge in [-0.1, -0.05) is 0 Å². The number of likely N-dealkylation sites (tertiary alicyclic amines) is 1. The number of amides is 2. The summed E-state index contributed by atoms with van der Waals surface area (Å²) >= 11 is 0. The quantitative estimate of drug-likeness (QED) is 0.780. The number of carbonyl (C=O) groups is 2. The van der Waals surface area contributed by atoms with Crippen molar-refractivity contribution in [2.75, 3.05) is 40.8 Å². The molecule has 6 nitrogen and oxygen atoms in total. The van der Waals surface area contributed by atoms with Crippen LogP contribution in [0.4, 0.5) is 4.79 Å². The Labute approximate surface area is 115 Å². The molecular formula is C13H25N3O3.